The van der Waals surface area contributed by atoms with Gasteiger partial charge in [0.15, 0.2) is 5.65 Å². The van der Waals surface area contributed by atoms with Crippen molar-refractivity contribution >= 4 is 15.7 Å². The van der Waals surface area contributed by atoms with Gasteiger partial charge in [-0.15, -0.1) is 5.10 Å². The Morgan fingerprint density at radius 1 is 1.23 bits per heavy atom. The van der Waals surface area contributed by atoms with Gasteiger partial charge in [0.2, 0.25) is 15.9 Å². The molecule has 0 amide bonds. The lowest BCUT2D eigenvalue weighted by Gasteiger charge is -2.31. The summed E-state index contributed by atoms with van der Waals surface area (Å²) in [6.07, 6.45) is -1.38. The number of halogens is 3. The molecular weight excluding hydrogens is 373 g/mol. The van der Waals surface area contributed by atoms with Crippen LogP contribution >= 0.6 is 0 Å². The van der Waals surface area contributed by atoms with E-state index in [0.29, 0.717) is 31.0 Å². The van der Waals surface area contributed by atoms with Gasteiger partial charge < -0.3 is 4.74 Å². The summed E-state index contributed by atoms with van der Waals surface area (Å²) in [4.78, 5) is 4.08. The molecule has 0 aromatic carbocycles. The molecule has 1 aliphatic heterocycles. The Morgan fingerprint density at radius 3 is 2.65 bits per heavy atom. The number of alkyl halides is 3. The van der Waals surface area contributed by atoms with E-state index in [4.69, 9.17) is 4.74 Å². The summed E-state index contributed by atoms with van der Waals surface area (Å²) < 4.78 is 69.1. The van der Waals surface area contributed by atoms with Gasteiger partial charge in [-0.05, 0) is 24.8 Å². The van der Waals surface area contributed by atoms with E-state index in [9.17, 15) is 21.6 Å². The number of imidazole rings is 1. The molecule has 11 heteroatoms. The molecule has 0 saturated carbocycles. The number of ether oxygens (including phenoxy) is 1. The van der Waals surface area contributed by atoms with Gasteiger partial charge in [0.1, 0.15) is 0 Å². The molecule has 0 radical (unpaired) electrons. The summed E-state index contributed by atoms with van der Waals surface area (Å²) in [5.41, 5.74) is 0.703. The van der Waals surface area contributed by atoms with E-state index in [-0.39, 0.29) is 19.0 Å². The first-order chi connectivity index (χ1) is 12.2. The zero-order valence-electron chi connectivity index (χ0n) is 13.9. The number of sulfonamides is 1. The van der Waals surface area contributed by atoms with Gasteiger partial charge in [0.05, 0.1) is 18.8 Å². The average molecular weight is 392 g/mol. The van der Waals surface area contributed by atoms with Crippen LogP contribution in [0.25, 0.3) is 5.65 Å². The number of aromatic nitrogens is 3. The summed E-state index contributed by atoms with van der Waals surface area (Å²) in [7, 11) is -3.88. The third kappa shape index (κ3) is 4.85. The van der Waals surface area contributed by atoms with Crippen LogP contribution in [0.2, 0.25) is 0 Å². The molecular formula is C15H19F3N4O3S. The van der Waals surface area contributed by atoms with Crippen molar-refractivity contribution in [1.29, 1.82) is 0 Å². The number of hydrogen-bond donors (Lipinski definition) is 0. The molecule has 1 fully saturated rings. The third-order valence-corrected chi connectivity index (χ3v) is 6.18. The Bertz CT molecular complexity index is 845. The van der Waals surface area contributed by atoms with Gasteiger partial charge >= 0.3 is 6.18 Å². The van der Waals surface area contributed by atoms with Crippen LogP contribution in [0.5, 0.6) is 5.88 Å². The lowest BCUT2D eigenvalue weighted by molar-refractivity contribution is -0.130. The van der Waals surface area contributed by atoms with Gasteiger partial charge in [0, 0.05) is 31.5 Å². The molecule has 7 nitrogen and oxygen atoms in total. The second-order valence-corrected chi connectivity index (χ2v) is 8.32. The monoisotopic (exact) mass is 392 g/mol. The van der Waals surface area contributed by atoms with E-state index >= 15 is 0 Å². The van der Waals surface area contributed by atoms with Crippen molar-refractivity contribution in [2.24, 2.45) is 5.92 Å². The highest BCUT2D eigenvalue weighted by Crippen LogP contribution is 2.24. The smallest absolute Gasteiger partial charge is 0.390 e. The fourth-order valence-corrected chi connectivity index (χ4v) is 4.32. The van der Waals surface area contributed by atoms with Crippen LogP contribution in [0.1, 0.15) is 19.3 Å². The molecule has 3 heterocycles. The quantitative estimate of drug-likeness (QED) is 0.753. The van der Waals surface area contributed by atoms with Crippen molar-refractivity contribution < 1.29 is 26.3 Å². The van der Waals surface area contributed by atoms with Crippen molar-refractivity contribution in [2.75, 3.05) is 25.4 Å². The van der Waals surface area contributed by atoms with E-state index in [2.05, 4.69) is 10.1 Å². The maximum Gasteiger partial charge on any atom is 0.390 e. The molecule has 2 aromatic rings. The van der Waals surface area contributed by atoms with Crippen LogP contribution in [-0.4, -0.2) is 58.9 Å². The summed E-state index contributed by atoms with van der Waals surface area (Å²) in [6, 6.07) is 3.48. The Hall–Kier alpha value is -1.88. The van der Waals surface area contributed by atoms with Crippen molar-refractivity contribution in [3.8, 4) is 5.88 Å². The Kier molecular flexibility index (Phi) is 5.37. The van der Waals surface area contributed by atoms with Gasteiger partial charge in [-0.3, -0.25) is 0 Å². The average Bonchev–Trinajstić information content (AvgIpc) is 3.06. The third-order valence-electron chi connectivity index (χ3n) is 4.31. The van der Waals surface area contributed by atoms with E-state index in [0.717, 1.165) is 4.31 Å². The lowest BCUT2D eigenvalue weighted by Crippen LogP contribution is -2.41. The molecule has 0 atom stereocenters. The Labute approximate surface area is 148 Å². The van der Waals surface area contributed by atoms with Crippen LogP contribution in [-0.2, 0) is 10.0 Å². The molecule has 0 unspecified atom stereocenters. The van der Waals surface area contributed by atoms with Gasteiger partial charge in [-0.1, -0.05) is 0 Å². The number of hydrogen-bond acceptors (Lipinski definition) is 5. The number of fused-ring (bicyclic) bond motifs is 1. The highest BCUT2D eigenvalue weighted by molar-refractivity contribution is 7.89. The molecule has 0 spiro atoms. The van der Waals surface area contributed by atoms with Crippen LogP contribution < -0.4 is 4.74 Å². The maximum atomic E-state index is 12.2. The summed E-state index contributed by atoms with van der Waals surface area (Å²) in [5, 5.41) is 4.24. The SMILES string of the molecule is O=S(=O)(CCC(F)(F)F)N1CCC(COc2ccc3nccn3n2)CC1. The number of piperidine rings is 1. The second-order valence-electron chi connectivity index (χ2n) is 6.24. The molecule has 0 N–H and O–H groups in total. The zero-order valence-corrected chi connectivity index (χ0v) is 14.7. The topological polar surface area (TPSA) is 76.8 Å². The first kappa shape index (κ1) is 18.9. The first-order valence-corrected chi connectivity index (χ1v) is 9.82. The molecule has 3 rings (SSSR count). The zero-order chi connectivity index (χ0) is 18.8. The maximum absolute atomic E-state index is 12.2. The molecule has 1 saturated heterocycles. The van der Waals surface area contributed by atoms with E-state index in [1.807, 2.05) is 0 Å². The fraction of sp³-hybridized carbons (Fsp3) is 0.600. The first-order valence-electron chi connectivity index (χ1n) is 8.21. The molecule has 0 bridgehead atoms. The number of rotatable bonds is 6. The Balaban J connectivity index is 1.47. The molecule has 2 aromatic heterocycles. The summed E-state index contributed by atoms with van der Waals surface area (Å²) >= 11 is 0. The summed E-state index contributed by atoms with van der Waals surface area (Å²) in [6.45, 7) is 0.800. The van der Waals surface area contributed by atoms with E-state index in [1.165, 1.54) is 0 Å². The van der Waals surface area contributed by atoms with Crippen LogP contribution in [0, 0.1) is 5.92 Å². The van der Waals surface area contributed by atoms with Gasteiger partial charge in [-0.25, -0.2) is 22.2 Å². The highest BCUT2D eigenvalue weighted by Gasteiger charge is 2.34. The second kappa shape index (κ2) is 7.39. The van der Waals surface area contributed by atoms with E-state index in [1.54, 1.807) is 29.0 Å². The Morgan fingerprint density at radius 2 is 1.96 bits per heavy atom. The minimum atomic E-state index is -4.47. The van der Waals surface area contributed by atoms with E-state index < -0.39 is 28.4 Å². The predicted octanol–water partition coefficient (Wildman–Crippen LogP) is 2.10. The molecule has 1 aliphatic rings. The van der Waals surface area contributed by atoms with Gasteiger partial charge in [-0.2, -0.15) is 13.2 Å². The standard InChI is InChI=1S/C15H19F3N4O3S/c16-15(17,18)5-10-26(23,24)21-7-3-12(4-8-21)11-25-14-2-1-13-19-6-9-22(13)20-14/h1-2,6,9,12H,3-5,7-8,10-11H2. The van der Waals surface area contributed by atoms with Crippen molar-refractivity contribution in [3.05, 3.63) is 24.5 Å². The number of nitrogens with zero attached hydrogens (tertiary/aromatic N) is 4. The van der Waals surface area contributed by atoms with Crippen LogP contribution in [0.3, 0.4) is 0 Å². The molecule has 26 heavy (non-hydrogen) atoms. The van der Waals surface area contributed by atoms with Crippen LogP contribution in [0.4, 0.5) is 13.2 Å². The van der Waals surface area contributed by atoms with Crippen LogP contribution in [0.15, 0.2) is 24.5 Å². The minimum Gasteiger partial charge on any atom is -0.476 e. The predicted molar refractivity (Wildman–Crippen MR) is 87.2 cm³/mol. The minimum absolute atomic E-state index is 0.129. The van der Waals surface area contributed by atoms with Crippen molar-refractivity contribution in [3.63, 3.8) is 0 Å². The molecule has 0 aliphatic carbocycles. The largest absolute Gasteiger partial charge is 0.476 e. The normalized spacial score (nSPS) is 17.7. The van der Waals surface area contributed by atoms with Gasteiger partial charge in [0.25, 0.3) is 0 Å². The molecule has 144 valence electrons. The highest BCUT2D eigenvalue weighted by atomic mass is 32.2. The van der Waals surface area contributed by atoms with Crippen molar-refractivity contribution in [2.45, 2.75) is 25.4 Å². The van der Waals surface area contributed by atoms with Crippen molar-refractivity contribution in [1.82, 2.24) is 18.9 Å². The summed E-state index contributed by atoms with van der Waals surface area (Å²) in [5.74, 6) is -0.327. The lowest BCUT2D eigenvalue weighted by atomic mass is 9.99. The fourth-order valence-electron chi connectivity index (χ4n) is 2.81.